The predicted octanol–water partition coefficient (Wildman–Crippen LogP) is 7.01. The number of benzene rings is 4. The van der Waals surface area contributed by atoms with Crippen molar-refractivity contribution in [3.05, 3.63) is 159 Å². The lowest BCUT2D eigenvalue weighted by Crippen LogP contribution is -2.31. The van der Waals surface area contributed by atoms with Crippen LogP contribution < -0.4 is 10.6 Å². The van der Waals surface area contributed by atoms with E-state index in [2.05, 4.69) is 52.7 Å². The molecular formula is C41H46N8O6S5. The third kappa shape index (κ3) is 19.8. The second-order valence-corrected chi connectivity index (χ2v) is 17.5. The summed E-state index contributed by atoms with van der Waals surface area (Å²) in [6, 6.07) is 32.9. The molecule has 1 aliphatic heterocycles. The summed E-state index contributed by atoms with van der Waals surface area (Å²) in [7, 11) is 3.95. The first-order valence-electron chi connectivity index (χ1n) is 17.8. The molecule has 1 fully saturated rings. The van der Waals surface area contributed by atoms with Gasteiger partial charge in [0, 0.05) is 86.3 Å². The maximum Gasteiger partial charge on any atom is 0.386 e. The van der Waals surface area contributed by atoms with Crippen LogP contribution in [-0.2, 0) is 90.9 Å². The first-order valence-corrected chi connectivity index (χ1v) is 23.2. The van der Waals surface area contributed by atoms with Crippen molar-refractivity contribution in [2.24, 2.45) is 5.11 Å². The Kier molecular flexibility index (Phi) is 26.4. The monoisotopic (exact) mass is 906 g/mol. The minimum atomic E-state index is -0.848. The van der Waals surface area contributed by atoms with Crippen molar-refractivity contribution in [1.82, 2.24) is 15.7 Å². The SMILES string of the molecule is C.CCCC(=O)ON1C(=O)CCC1=O.Cc1ccc(C(=[N+]=[N-])C(=O)NCc2ccccc2)cc1.Cc1ccc(C(N=[N+]=[N-])C(=O)NCc2ccccc2)cc1.S=S=S=S=S. The predicted molar refractivity (Wildman–Crippen MR) is 244 cm³/mol. The van der Waals surface area contributed by atoms with Gasteiger partial charge in [0.1, 0.15) is 6.04 Å². The Morgan fingerprint density at radius 3 is 1.70 bits per heavy atom. The smallest absolute Gasteiger partial charge is 0.361 e. The van der Waals surface area contributed by atoms with Crippen LogP contribution in [0.15, 0.2) is 114 Å². The Hall–Kier alpha value is -5.78. The van der Waals surface area contributed by atoms with Gasteiger partial charge in [-0.3, -0.25) is 19.2 Å². The molecule has 0 radical (unpaired) electrons. The van der Waals surface area contributed by atoms with Gasteiger partial charge in [-0.05, 0) is 54.6 Å². The molecule has 4 amide bonds. The minimum Gasteiger partial charge on any atom is -0.361 e. The number of hydrogen-bond donors (Lipinski definition) is 2. The Balaban J connectivity index is 0.000000432. The summed E-state index contributed by atoms with van der Waals surface area (Å²) in [6.07, 6.45) is 1.13. The van der Waals surface area contributed by atoms with Crippen LogP contribution in [0.1, 0.15) is 79.5 Å². The molecule has 0 spiro atoms. The molecule has 4 aromatic rings. The molecule has 0 aliphatic carbocycles. The first kappa shape index (κ1) is 52.2. The lowest BCUT2D eigenvalue weighted by atomic mass is 10.1. The van der Waals surface area contributed by atoms with Gasteiger partial charge in [-0.2, -0.15) is 4.79 Å². The van der Waals surface area contributed by atoms with E-state index in [4.69, 9.17) is 11.1 Å². The number of nitrogens with one attached hydrogen (secondary N) is 2. The number of azide groups is 1. The molecule has 2 N–H and O–H groups in total. The van der Waals surface area contributed by atoms with Crippen molar-refractivity contribution in [2.75, 3.05) is 0 Å². The van der Waals surface area contributed by atoms with E-state index in [1.54, 1.807) is 24.3 Å². The van der Waals surface area contributed by atoms with Crippen LogP contribution in [0.4, 0.5) is 0 Å². The molecule has 60 heavy (non-hydrogen) atoms. The molecule has 1 aliphatic rings. The number of imide groups is 1. The van der Waals surface area contributed by atoms with Crippen LogP contribution in [0.5, 0.6) is 0 Å². The van der Waals surface area contributed by atoms with Gasteiger partial charge < -0.3 is 21.0 Å². The van der Waals surface area contributed by atoms with E-state index >= 15 is 0 Å². The van der Waals surface area contributed by atoms with E-state index in [1.807, 2.05) is 106 Å². The van der Waals surface area contributed by atoms with E-state index in [1.165, 1.54) is 26.6 Å². The Bertz CT molecular complexity index is 2230. The van der Waals surface area contributed by atoms with Crippen LogP contribution in [-0.4, -0.2) is 45.2 Å². The molecule has 1 atom stereocenters. The van der Waals surface area contributed by atoms with Crippen molar-refractivity contribution < 1.29 is 33.6 Å². The van der Waals surface area contributed by atoms with Gasteiger partial charge >= 0.3 is 17.6 Å². The number of carbonyl (C=O) groups is 5. The number of aryl methyl sites for hydroxylation is 2. The molecular weight excluding hydrogens is 861 g/mol. The molecule has 0 aromatic heterocycles. The van der Waals surface area contributed by atoms with E-state index in [0.717, 1.165) is 22.3 Å². The van der Waals surface area contributed by atoms with Crippen molar-refractivity contribution in [1.29, 1.82) is 0 Å². The van der Waals surface area contributed by atoms with E-state index in [-0.39, 0.29) is 38.3 Å². The summed E-state index contributed by atoms with van der Waals surface area (Å²) >= 11 is 8.89. The summed E-state index contributed by atoms with van der Waals surface area (Å²) in [4.78, 5) is 67.5. The fourth-order valence-electron chi connectivity index (χ4n) is 4.78. The second-order valence-electron chi connectivity index (χ2n) is 12.2. The zero-order valence-electron chi connectivity index (χ0n) is 32.4. The van der Waals surface area contributed by atoms with Gasteiger partial charge in [-0.25, -0.2) is 4.79 Å². The molecule has 0 bridgehead atoms. The van der Waals surface area contributed by atoms with Crippen LogP contribution in [0, 0.1) is 13.8 Å². The summed E-state index contributed by atoms with van der Waals surface area (Å²) < 4.78 is 0. The highest BCUT2D eigenvalue weighted by atomic mass is 33.3. The quantitative estimate of drug-likeness (QED) is 0.0496. The maximum atomic E-state index is 12.2. The van der Waals surface area contributed by atoms with Crippen molar-refractivity contribution in [2.45, 2.75) is 73.0 Å². The topological polar surface area (TPSA) is 207 Å². The lowest BCUT2D eigenvalue weighted by Gasteiger charge is -2.12. The highest BCUT2D eigenvalue weighted by Gasteiger charge is 2.32. The zero-order chi connectivity index (χ0) is 43.4. The fraction of sp³-hybridized carbons (Fsp3) is 0.268. The minimum absolute atomic E-state index is 0. The van der Waals surface area contributed by atoms with Gasteiger partial charge in [0.15, 0.2) is 0 Å². The molecule has 14 nitrogen and oxygen atoms in total. The highest BCUT2D eigenvalue weighted by molar-refractivity contribution is 8.59. The number of nitrogens with zero attached hydrogens (tertiary/aromatic N) is 6. The second kappa shape index (κ2) is 30.3. The van der Waals surface area contributed by atoms with E-state index < -0.39 is 29.7 Å². The number of hydrogen-bond acceptors (Lipinski definition) is 9. The molecule has 1 heterocycles. The standard InChI is InChI=1S/C16H16N4O.C16H15N3O.C8H11NO4.CH4.S5/c1-12-7-9-14(10-8-12)15(19-20-17)16(21)18-11-13-5-3-2-4-6-13;1-12-7-9-14(10-8-12)15(19-17)16(20)18-11-13-5-3-2-4-6-13;1-2-3-8(12)13-9-6(10)4-5-7(9)11;;1-3-5-4-2/h2-10,15H,11H2,1H3,(H,18,21);2-10H,11H2,1H3,(H,18,20);2-5H2,1H3;1H4;. The molecule has 5 rings (SSSR count). The third-order valence-corrected chi connectivity index (χ3v) is 12.2. The summed E-state index contributed by atoms with van der Waals surface area (Å²) in [5.74, 6) is -2.12. The van der Waals surface area contributed by atoms with Gasteiger partial charge in [0.05, 0.1) is 5.56 Å². The van der Waals surface area contributed by atoms with Gasteiger partial charge in [-0.15, -0.1) is 5.06 Å². The Labute approximate surface area is 368 Å². The number of carbonyl (C=O) groups excluding carboxylic acids is 5. The Morgan fingerprint density at radius 1 is 0.783 bits per heavy atom. The largest absolute Gasteiger partial charge is 0.386 e. The number of hydroxylamine groups is 2. The molecule has 19 heteroatoms. The third-order valence-electron chi connectivity index (χ3n) is 7.76. The lowest BCUT2D eigenvalue weighted by molar-refractivity contribution is -0.197. The average molecular weight is 907 g/mol. The summed E-state index contributed by atoms with van der Waals surface area (Å²) in [5, 5.41) is 9.70. The van der Waals surface area contributed by atoms with Gasteiger partial charge in [-0.1, -0.05) is 128 Å². The number of rotatable bonds is 12. The summed E-state index contributed by atoms with van der Waals surface area (Å²) in [6.45, 7) is 6.53. The first-order chi connectivity index (χ1) is 28.5. The molecule has 4 aromatic carbocycles. The fourth-order valence-corrected chi connectivity index (χ4v) is 7.53. The normalized spacial score (nSPS) is 11.2. The van der Waals surface area contributed by atoms with E-state index in [9.17, 15) is 24.0 Å². The van der Waals surface area contributed by atoms with Gasteiger partial charge in [0.2, 0.25) is 5.91 Å². The van der Waals surface area contributed by atoms with Crippen molar-refractivity contribution in [3.8, 4) is 0 Å². The van der Waals surface area contributed by atoms with Crippen LogP contribution in [0.25, 0.3) is 16.0 Å². The van der Waals surface area contributed by atoms with Crippen LogP contribution in [0.2, 0.25) is 0 Å². The molecule has 1 unspecified atom stereocenters. The zero-order valence-corrected chi connectivity index (χ0v) is 36.5. The average Bonchev–Trinajstić information content (AvgIpc) is 3.56. The molecule has 316 valence electrons. The Morgan fingerprint density at radius 2 is 1.27 bits per heavy atom. The van der Waals surface area contributed by atoms with Crippen molar-refractivity contribution >= 4 is 84.3 Å². The van der Waals surface area contributed by atoms with Crippen molar-refractivity contribution in [3.63, 3.8) is 0 Å². The maximum absolute atomic E-state index is 12.2. The summed E-state index contributed by atoms with van der Waals surface area (Å²) in [5.41, 5.74) is 23.1. The van der Waals surface area contributed by atoms with Crippen LogP contribution >= 0.6 is 0 Å². The molecule has 0 saturated carbocycles. The molecule has 1 saturated heterocycles. The van der Waals surface area contributed by atoms with Crippen LogP contribution in [0.3, 0.4) is 0 Å². The highest BCUT2D eigenvalue weighted by Crippen LogP contribution is 2.19. The number of amides is 4. The van der Waals surface area contributed by atoms with E-state index in [0.29, 0.717) is 35.7 Å². The van der Waals surface area contributed by atoms with Gasteiger partial charge in [0.25, 0.3) is 11.8 Å².